The fourth-order valence-corrected chi connectivity index (χ4v) is 3.30. The Balaban J connectivity index is 1.55. The van der Waals surface area contributed by atoms with Crippen LogP contribution in [0, 0.1) is 0 Å². The van der Waals surface area contributed by atoms with Crippen molar-refractivity contribution in [3.63, 3.8) is 0 Å². The third-order valence-electron chi connectivity index (χ3n) is 4.84. The van der Waals surface area contributed by atoms with Crippen molar-refractivity contribution in [2.75, 3.05) is 36.5 Å². The van der Waals surface area contributed by atoms with Gasteiger partial charge in [-0.2, -0.15) is 0 Å². The van der Waals surface area contributed by atoms with E-state index in [1.807, 2.05) is 6.07 Å². The van der Waals surface area contributed by atoms with Gasteiger partial charge < -0.3 is 15.0 Å². The van der Waals surface area contributed by atoms with E-state index < -0.39 is 0 Å². The number of aromatic nitrogens is 4. The van der Waals surface area contributed by atoms with Crippen molar-refractivity contribution < 1.29 is 9.37 Å². The molecule has 8 heteroatoms. The fourth-order valence-electron chi connectivity index (χ4n) is 3.30. The first-order chi connectivity index (χ1) is 12.3. The van der Waals surface area contributed by atoms with Crippen LogP contribution in [-0.4, -0.2) is 46.6 Å². The second-order valence-corrected chi connectivity index (χ2v) is 6.48. The number of ether oxygens (including phenoxy) is 1. The van der Waals surface area contributed by atoms with E-state index in [-0.39, 0.29) is 5.54 Å². The van der Waals surface area contributed by atoms with E-state index in [0.717, 1.165) is 37.6 Å². The molecule has 1 saturated heterocycles. The van der Waals surface area contributed by atoms with Crippen LogP contribution < -0.4 is 10.2 Å². The minimum atomic E-state index is -0.0815. The van der Waals surface area contributed by atoms with Gasteiger partial charge in [0.1, 0.15) is 0 Å². The summed E-state index contributed by atoms with van der Waals surface area (Å²) in [6, 6.07) is 10.5. The molecule has 2 aliphatic rings. The molecule has 2 fully saturated rings. The fraction of sp³-hybridized carbons (Fsp3) is 0.412. The summed E-state index contributed by atoms with van der Waals surface area (Å²) in [6.07, 6.45) is 2.13. The summed E-state index contributed by atoms with van der Waals surface area (Å²) < 4.78 is 10.3. The molecule has 0 amide bonds. The van der Waals surface area contributed by atoms with Crippen LogP contribution in [0.5, 0.6) is 0 Å². The summed E-state index contributed by atoms with van der Waals surface area (Å²) in [5.41, 5.74) is 2.03. The third kappa shape index (κ3) is 2.58. The molecule has 1 saturated carbocycles. The Morgan fingerprint density at radius 3 is 2.40 bits per heavy atom. The van der Waals surface area contributed by atoms with Crippen LogP contribution in [0.15, 0.2) is 35.0 Å². The van der Waals surface area contributed by atoms with Gasteiger partial charge in [-0.1, -0.05) is 30.3 Å². The van der Waals surface area contributed by atoms with Gasteiger partial charge in [0.2, 0.25) is 11.3 Å². The maximum absolute atomic E-state index is 5.46. The van der Waals surface area contributed by atoms with Crippen molar-refractivity contribution in [1.82, 2.24) is 20.3 Å². The average molecular weight is 338 g/mol. The maximum atomic E-state index is 5.46. The minimum absolute atomic E-state index is 0.0815. The summed E-state index contributed by atoms with van der Waals surface area (Å²) in [5.74, 6) is 1.51. The standard InChI is InChI=1S/C17H18N6O2/c1-2-4-12(5-3-1)17(6-7-17)20-15-16(23-8-10-24-11-9-23)19-14-13(18-15)21-25-22-14/h1-5H,6-11H2,(H,18,20,21). The van der Waals surface area contributed by atoms with Gasteiger partial charge in [0.05, 0.1) is 18.8 Å². The first kappa shape index (κ1) is 14.6. The Bertz CT molecular complexity index is 887. The molecule has 25 heavy (non-hydrogen) atoms. The first-order valence-corrected chi connectivity index (χ1v) is 8.51. The highest BCUT2D eigenvalue weighted by Gasteiger charge is 2.45. The van der Waals surface area contributed by atoms with Crippen LogP contribution in [0.25, 0.3) is 11.3 Å². The van der Waals surface area contributed by atoms with Gasteiger partial charge >= 0.3 is 0 Å². The molecule has 3 aromatic rings. The van der Waals surface area contributed by atoms with E-state index in [1.54, 1.807) is 0 Å². The Hall–Kier alpha value is -2.74. The number of nitrogens with one attached hydrogen (secondary N) is 1. The van der Waals surface area contributed by atoms with Gasteiger partial charge in [-0.05, 0) is 28.7 Å². The molecule has 8 nitrogen and oxygen atoms in total. The zero-order valence-corrected chi connectivity index (χ0v) is 13.7. The number of benzene rings is 1. The Morgan fingerprint density at radius 2 is 1.68 bits per heavy atom. The van der Waals surface area contributed by atoms with Gasteiger partial charge in [-0.15, -0.1) is 0 Å². The molecule has 0 atom stereocenters. The lowest BCUT2D eigenvalue weighted by molar-refractivity contribution is 0.122. The highest BCUT2D eigenvalue weighted by atomic mass is 16.6. The van der Waals surface area contributed by atoms with Gasteiger partial charge in [-0.3, -0.25) is 0 Å². The lowest BCUT2D eigenvalue weighted by Crippen LogP contribution is -2.37. The summed E-state index contributed by atoms with van der Waals surface area (Å²) in [5, 5.41) is 11.3. The van der Waals surface area contributed by atoms with Gasteiger partial charge in [0, 0.05) is 13.1 Å². The molecule has 1 aromatic carbocycles. The van der Waals surface area contributed by atoms with Crippen LogP contribution in [-0.2, 0) is 10.3 Å². The Labute approximate surface area is 144 Å². The number of nitrogens with zero attached hydrogens (tertiary/aromatic N) is 5. The predicted octanol–water partition coefficient (Wildman–Crippen LogP) is 1.95. The summed E-state index contributed by atoms with van der Waals surface area (Å²) in [4.78, 5) is 11.5. The lowest BCUT2D eigenvalue weighted by Gasteiger charge is -2.30. The van der Waals surface area contributed by atoms with E-state index in [9.17, 15) is 0 Å². The predicted molar refractivity (Wildman–Crippen MR) is 91.4 cm³/mol. The molecule has 2 aromatic heterocycles. The summed E-state index contributed by atoms with van der Waals surface area (Å²) in [7, 11) is 0. The zero-order valence-electron chi connectivity index (χ0n) is 13.7. The van der Waals surface area contributed by atoms with Crippen molar-refractivity contribution in [3.8, 4) is 0 Å². The van der Waals surface area contributed by atoms with Gasteiger partial charge in [-0.25, -0.2) is 14.6 Å². The number of hydrogen-bond acceptors (Lipinski definition) is 8. The van der Waals surface area contributed by atoms with E-state index in [2.05, 4.69) is 54.8 Å². The molecule has 1 aliphatic carbocycles. The second-order valence-electron chi connectivity index (χ2n) is 6.48. The molecule has 1 N–H and O–H groups in total. The lowest BCUT2D eigenvalue weighted by atomic mass is 10.1. The first-order valence-electron chi connectivity index (χ1n) is 8.51. The van der Waals surface area contributed by atoms with E-state index in [1.165, 1.54) is 5.56 Å². The largest absolute Gasteiger partial charge is 0.378 e. The molecule has 0 bridgehead atoms. The SMILES string of the molecule is c1ccc(C2(Nc3nc4nonc4nc3N3CCOCC3)CC2)cc1. The maximum Gasteiger partial charge on any atom is 0.245 e. The molecule has 5 rings (SSSR count). The smallest absolute Gasteiger partial charge is 0.245 e. The zero-order chi connectivity index (χ0) is 16.7. The van der Waals surface area contributed by atoms with Crippen molar-refractivity contribution in [2.45, 2.75) is 18.4 Å². The van der Waals surface area contributed by atoms with Crippen molar-refractivity contribution >= 4 is 22.9 Å². The molecule has 3 heterocycles. The number of rotatable bonds is 4. The normalized spacial score (nSPS) is 19.1. The van der Waals surface area contributed by atoms with Gasteiger partial charge in [0.15, 0.2) is 11.6 Å². The van der Waals surface area contributed by atoms with Crippen molar-refractivity contribution in [3.05, 3.63) is 35.9 Å². The van der Waals surface area contributed by atoms with E-state index in [4.69, 9.17) is 9.37 Å². The number of fused-ring (bicyclic) bond motifs is 1. The molecule has 0 unspecified atom stereocenters. The van der Waals surface area contributed by atoms with Crippen LogP contribution in [0.2, 0.25) is 0 Å². The molecular weight excluding hydrogens is 320 g/mol. The topological polar surface area (TPSA) is 89.2 Å². The molecular formula is C17H18N6O2. The number of anilines is 2. The molecule has 0 radical (unpaired) electrons. The van der Waals surface area contributed by atoms with Crippen molar-refractivity contribution in [1.29, 1.82) is 0 Å². The Morgan fingerprint density at radius 1 is 0.960 bits per heavy atom. The van der Waals surface area contributed by atoms with Crippen molar-refractivity contribution in [2.24, 2.45) is 0 Å². The van der Waals surface area contributed by atoms with Gasteiger partial charge in [0.25, 0.3) is 0 Å². The molecule has 128 valence electrons. The Kier molecular flexibility index (Phi) is 3.30. The molecule has 1 aliphatic heterocycles. The van der Waals surface area contributed by atoms with Crippen LogP contribution >= 0.6 is 0 Å². The number of hydrogen-bond donors (Lipinski definition) is 1. The summed E-state index contributed by atoms with van der Waals surface area (Å²) >= 11 is 0. The monoisotopic (exact) mass is 338 g/mol. The minimum Gasteiger partial charge on any atom is -0.378 e. The second kappa shape index (κ2) is 5.66. The van der Waals surface area contributed by atoms with E-state index in [0.29, 0.717) is 24.5 Å². The van der Waals surface area contributed by atoms with E-state index >= 15 is 0 Å². The average Bonchev–Trinajstić information content (AvgIpc) is 3.31. The van der Waals surface area contributed by atoms with Crippen LogP contribution in [0.1, 0.15) is 18.4 Å². The summed E-state index contributed by atoms with van der Waals surface area (Å²) in [6.45, 7) is 2.91. The van der Waals surface area contributed by atoms with Crippen LogP contribution in [0.4, 0.5) is 11.6 Å². The third-order valence-corrected chi connectivity index (χ3v) is 4.84. The number of morpholine rings is 1. The highest BCUT2D eigenvalue weighted by Crippen LogP contribution is 2.49. The molecule has 0 spiro atoms. The quantitative estimate of drug-likeness (QED) is 0.772. The highest BCUT2D eigenvalue weighted by molar-refractivity contribution is 5.75. The van der Waals surface area contributed by atoms with Crippen LogP contribution in [0.3, 0.4) is 0 Å².